The number of hydrogen-bond acceptors (Lipinski definition) is 5. The van der Waals surface area contributed by atoms with Gasteiger partial charge < -0.3 is 15.7 Å². The Morgan fingerprint density at radius 3 is 3.19 bits per heavy atom. The summed E-state index contributed by atoms with van der Waals surface area (Å²) in [5, 5.41) is 12.0. The Balaban J connectivity index is 2.03. The molecule has 2 rings (SSSR count). The lowest BCUT2D eigenvalue weighted by Gasteiger charge is -2.13. The highest BCUT2D eigenvalue weighted by atomic mass is 32.1. The van der Waals surface area contributed by atoms with Gasteiger partial charge in [0.05, 0.1) is 11.1 Å². The molecule has 0 bridgehead atoms. The van der Waals surface area contributed by atoms with Crippen LogP contribution in [0, 0.1) is 0 Å². The second-order valence-corrected chi connectivity index (χ2v) is 4.80. The Bertz CT molecular complexity index is 380. The number of aliphatic hydroxyl groups excluding tert-OH is 1. The number of aliphatic hydroxyl groups is 1. The maximum Gasteiger partial charge on any atom is 0.273 e. The molecule has 88 valence electrons. The van der Waals surface area contributed by atoms with Gasteiger partial charge in [-0.3, -0.25) is 4.79 Å². The van der Waals surface area contributed by atoms with Crippen molar-refractivity contribution in [3.05, 3.63) is 16.1 Å². The lowest BCUT2D eigenvalue weighted by Crippen LogP contribution is -2.29. The summed E-state index contributed by atoms with van der Waals surface area (Å²) in [6.07, 6.45) is 0.984. The second-order valence-electron chi connectivity index (χ2n) is 3.86. The molecule has 0 spiro atoms. The molecule has 1 aliphatic rings. The Kier molecular flexibility index (Phi) is 3.52. The Morgan fingerprint density at radius 1 is 1.75 bits per heavy atom. The number of amides is 1. The summed E-state index contributed by atoms with van der Waals surface area (Å²) in [7, 11) is 0. The molecule has 1 fully saturated rings. The van der Waals surface area contributed by atoms with Crippen LogP contribution in [0.5, 0.6) is 0 Å². The van der Waals surface area contributed by atoms with Crippen molar-refractivity contribution in [1.82, 2.24) is 9.88 Å². The number of carbonyl (C=O) groups excluding carboxylic acids is 1. The van der Waals surface area contributed by atoms with E-state index in [4.69, 9.17) is 5.73 Å². The Morgan fingerprint density at radius 2 is 2.56 bits per heavy atom. The second kappa shape index (κ2) is 4.90. The summed E-state index contributed by atoms with van der Waals surface area (Å²) in [4.78, 5) is 17.8. The highest BCUT2D eigenvalue weighted by molar-refractivity contribution is 7.09. The molecule has 5 nitrogen and oxygen atoms in total. The zero-order chi connectivity index (χ0) is 11.5. The van der Waals surface area contributed by atoms with Gasteiger partial charge >= 0.3 is 0 Å². The summed E-state index contributed by atoms with van der Waals surface area (Å²) in [5.41, 5.74) is 5.90. The standard InChI is InChI=1S/C10H15N3O2S/c11-3-1-9-12-8(6-16-9)10(15)13-4-2-7(14)5-13/h6-7,14H,1-5,11H2/t7-/m0/s1. The third-order valence-corrected chi connectivity index (χ3v) is 3.49. The molecule has 0 radical (unpaired) electrons. The van der Waals surface area contributed by atoms with Crippen molar-refractivity contribution in [3.8, 4) is 0 Å². The summed E-state index contributed by atoms with van der Waals surface area (Å²) < 4.78 is 0. The summed E-state index contributed by atoms with van der Waals surface area (Å²) >= 11 is 1.46. The zero-order valence-corrected chi connectivity index (χ0v) is 9.74. The van der Waals surface area contributed by atoms with Crippen molar-refractivity contribution in [2.45, 2.75) is 18.9 Å². The van der Waals surface area contributed by atoms with Crippen molar-refractivity contribution in [2.75, 3.05) is 19.6 Å². The first kappa shape index (κ1) is 11.5. The number of thiazole rings is 1. The first-order valence-electron chi connectivity index (χ1n) is 5.32. The minimum absolute atomic E-state index is 0.0870. The van der Waals surface area contributed by atoms with Crippen LogP contribution in [0.15, 0.2) is 5.38 Å². The molecule has 16 heavy (non-hydrogen) atoms. The van der Waals surface area contributed by atoms with Crippen molar-refractivity contribution in [1.29, 1.82) is 0 Å². The summed E-state index contributed by atoms with van der Waals surface area (Å²) in [5.74, 6) is -0.0870. The number of carbonyl (C=O) groups is 1. The summed E-state index contributed by atoms with van der Waals surface area (Å²) in [6, 6.07) is 0. The van der Waals surface area contributed by atoms with E-state index in [0.29, 0.717) is 38.2 Å². The fourth-order valence-corrected chi connectivity index (χ4v) is 2.52. The molecule has 3 N–H and O–H groups in total. The normalized spacial score (nSPS) is 20.4. The van der Waals surface area contributed by atoms with Gasteiger partial charge in [0.1, 0.15) is 5.69 Å². The predicted octanol–water partition coefficient (Wildman–Crippen LogP) is -0.149. The SMILES string of the molecule is NCCc1nc(C(=O)N2CC[C@H](O)C2)cs1. The summed E-state index contributed by atoms with van der Waals surface area (Å²) in [6.45, 7) is 1.58. The predicted molar refractivity (Wildman–Crippen MR) is 61.4 cm³/mol. The molecule has 1 saturated heterocycles. The van der Waals surface area contributed by atoms with Crippen LogP contribution in [-0.2, 0) is 6.42 Å². The van der Waals surface area contributed by atoms with Gasteiger partial charge in [0.15, 0.2) is 0 Å². The molecule has 0 unspecified atom stereocenters. The van der Waals surface area contributed by atoms with Crippen LogP contribution >= 0.6 is 11.3 Å². The number of likely N-dealkylation sites (tertiary alicyclic amines) is 1. The molecule has 1 aromatic heterocycles. The molecule has 1 aromatic rings. The maximum absolute atomic E-state index is 11.9. The van der Waals surface area contributed by atoms with Crippen LogP contribution in [0.4, 0.5) is 0 Å². The molecule has 1 aliphatic heterocycles. The van der Waals surface area contributed by atoms with Crippen LogP contribution < -0.4 is 5.73 Å². The lowest BCUT2D eigenvalue weighted by atomic mass is 10.3. The van der Waals surface area contributed by atoms with Crippen molar-refractivity contribution in [2.24, 2.45) is 5.73 Å². The maximum atomic E-state index is 11.9. The Hall–Kier alpha value is -0.980. The quantitative estimate of drug-likeness (QED) is 0.771. The van der Waals surface area contributed by atoms with Crippen LogP contribution in [0.25, 0.3) is 0 Å². The molecule has 6 heteroatoms. The lowest BCUT2D eigenvalue weighted by molar-refractivity contribution is 0.0760. The van der Waals surface area contributed by atoms with E-state index in [0.717, 1.165) is 5.01 Å². The van der Waals surface area contributed by atoms with E-state index in [1.165, 1.54) is 11.3 Å². The van der Waals surface area contributed by atoms with Crippen molar-refractivity contribution < 1.29 is 9.90 Å². The number of rotatable bonds is 3. The third-order valence-electron chi connectivity index (χ3n) is 2.58. The van der Waals surface area contributed by atoms with Crippen LogP contribution in [0.1, 0.15) is 21.9 Å². The number of nitrogens with two attached hydrogens (primary N) is 1. The van der Waals surface area contributed by atoms with E-state index in [9.17, 15) is 9.90 Å². The highest BCUT2D eigenvalue weighted by Crippen LogP contribution is 2.16. The molecular formula is C10H15N3O2S. The average Bonchev–Trinajstić information content (AvgIpc) is 2.87. The largest absolute Gasteiger partial charge is 0.391 e. The molecule has 0 saturated carbocycles. The minimum Gasteiger partial charge on any atom is -0.391 e. The first-order chi connectivity index (χ1) is 7.70. The van der Waals surface area contributed by atoms with Crippen LogP contribution in [0.2, 0.25) is 0 Å². The van der Waals surface area contributed by atoms with Gasteiger partial charge in [-0.05, 0) is 13.0 Å². The van der Waals surface area contributed by atoms with Gasteiger partial charge in [0.2, 0.25) is 0 Å². The van der Waals surface area contributed by atoms with Gasteiger partial charge in [-0.25, -0.2) is 4.98 Å². The van der Waals surface area contributed by atoms with E-state index in [2.05, 4.69) is 4.98 Å². The molecule has 0 aliphatic carbocycles. The Labute approximate surface area is 97.9 Å². The molecule has 2 heterocycles. The van der Waals surface area contributed by atoms with Crippen molar-refractivity contribution >= 4 is 17.2 Å². The average molecular weight is 241 g/mol. The van der Waals surface area contributed by atoms with Gasteiger partial charge in [-0.2, -0.15) is 0 Å². The van der Waals surface area contributed by atoms with E-state index < -0.39 is 0 Å². The van der Waals surface area contributed by atoms with E-state index in [-0.39, 0.29) is 12.0 Å². The highest BCUT2D eigenvalue weighted by Gasteiger charge is 2.26. The van der Waals surface area contributed by atoms with Crippen LogP contribution in [-0.4, -0.2) is 46.6 Å². The topological polar surface area (TPSA) is 79.5 Å². The smallest absolute Gasteiger partial charge is 0.273 e. The van der Waals surface area contributed by atoms with Gasteiger partial charge in [-0.15, -0.1) is 11.3 Å². The van der Waals surface area contributed by atoms with Crippen molar-refractivity contribution in [3.63, 3.8) is 0 Å². The molecule has 0 aromatic carbocycles. The number of aromatic nitrogens is 1. The molecule has 1 atom stereocenters. The van der Waals surface area contributed by atoms with Crippen LogP contribution in [0.3, 0.4) is 0 Å². The third kappa shape index (κ3) is 2.40. The van der Waals surface area contributed by atoms with Gasteiger partial charge in [0.25, 0.3) is 5.91 Å². The van der Waals surface area contributed by atoms with Gasteiger partial charge in [-0.1, -0.05) is 0 Å². The fourth-order valence-electron chi connectivity index (χ4n) is 1.74. The number of nitrogens with zero attached hydrogens (tertiary/aromatic N) is 2. The van der Waals surface area contributed by atoms with E-state index in [1.54, 1.807) is 10.3 Å². The minimum atomic E-state index is -0.383. The molecule has 1 amide bonds. The zero-order valence-electron chi connectivity index (χ0n) is 8.93. The fraction of sp³-hybridized carbons (Fsp3) is 0.600. The number of hydrogen-bond donors (Lipinski definition) is 2. The van der Waals surface area contributed by atoms with Gasteiger partial charge in [0, 0.05) is 24.9 Å². The number of β-amino-alcohol motifs (C(OH)–C–C–N with tert-alkyl or cyclic N) is 1. The monoisotopic (exact) mass is 241 g/mol. The first-order valence-corrected chi connectivity index (χ1v) is 6.20. The van der Waals surface area contributed by atoms with E-state index >= 15 is 0 Å². The molecular weight excluding hydrogens is 226 g/mol. The van der Waals surface area contributed by atoms with E-state index in [1.807, 2.05) is 0 Å².